The molecule has 1 rings (SSSR count). The van der Waals surface area contributed by atoms with E-state index in [-0.39, 0.29) is 0 Å². The van der Waals surface area contributed by atoms with Gasteiger partial charge in [0.2, 0.25) is 0 Å². The van der Waals surface area contributed by atoms with Crippen LogP contribution in [0.25, 0.3) is 0 Å². The fourth-order valence-electron chi connectivity index (χ4n) is 2.36. The van der Waals surface area contributed by atoms with Crippen LogP contribution in [0, 0.1) is 11.8 Å². The summed E-state index contributed by atoms with van der Waals surface area (Å²) in [5.41, 5.74) is 0. The molecule has 4 unspecified atom stereocenters. The highest BCUT2D eigenvalue weighted by Gasteiger charge is 2.24. The summed E-state index contributed by atoms with van der Waals surface area (Å²) in [7, 11) is 2.28. The van der Waals surface area contributed by atoms with Crippen molar-refractivity contribution in [3.8, 4) is 0 Å². The summed E-state index contributed by atoms with van der Waals surface area (Å²) in [6.07, 6.45) is 4.13. The lowest BCUT2D eigenvalue weighted by molar-refractivity contribution is 0.120. The molecule has 0 radical (unpaired) electrons. The second-order valence-corrected chi connectivity index (χ2v) is 5.13. The SMILES string of the molecule is CC1CCC(C)N(C)C(C)CC1C. The lowest BCUT2D eigenvalue weighted by Gasteiger charge is -2.37. The predicted molar refractivity (Wildman–Crippen MR) is 58.9 cm³/mol. The first-order valence-corrected chi connectivity index (χ1v) is 5.74. The molecule has 0 saturated carbocycles. The molecule has 0 spiro atoms. The molecule has 1 fully saturated rings. The molecular formula is C12H25N. The highest BCUT2D eigenvalue weighted by Crippen LogP contribution is 2.28. The molecule has 1 saturated heterocycles. The first-order valence-electron chi connectivity index (χ1n) is 5.74. The lowest BCUT2D eigenvalue weighted by Crippen LogP contribution is -2.40. The van der Waals surface area contributed by atoms with Crippen molar-refractivity contribution in [2.45, 2.75) is 59.0 Å². The fraction of sp³-hybridized carbons (Fsp3) is 1.00. The Morgan fingerprint density at radius 2 is 1.46 bits per heavy atom. The molecule has 1 aliphatic heterocycles. The van der Waals surface area contributed by atoms with Crippen molar-refractivity contribution in [2.24, 2.45) is 11.8 Å². The fourth-order valence-corrected chi connectivity index (χ4v) is 2.36. The molecule has 1 nitrogen and oxygen atoms in total. The van der Waals surface area contributed by atoms with Crippen LogP contribution < -0.4 is 0 Å². The Hall–Kier alpha value is -0.0400. The molecule has 0 aliphatic carbocycles. The Balaban J connectivity index is 2.59. The average molecular weight is 183 g/mol. The third kappa shape index (κ3) is 2.70. The van der Waals surface area contributed by atoms with E-state index in [0.29, 0.717) is 0 Å². The third-order valence-electron chi connectivity index (χ3n) is 4.11. The molecule has 0 N–H and O–H groups in total. The zero-order valence-corrected chi connectivity index (χ0v) is 9.88. The van der Waals surface area contributed by atoms with Crippen molar-refractivity contribution >= 4 is 0 Å². The van der Waals surface area contributed by atoms with Crippen molar-refractivity contribution in [3.05, 3.63) is 0 Å². The molecular weight excluding hydrogens is 158 g/mol. The van der Waals surface area contributed by atoms with E-state index in [1.807, 2.05) is 0 Å². The molecule has 1 heterocycles. The smallest absolute Gasteiger partial charge is 0.00693 e. The molecule has 1 aliphatic rings. The van der Waals surface area contributed by atoms with Gasteiger partial charge in [-0.2, -0.15) is 0 Å². The molecule has 78 valence electrons. The van der Waals surface area contributed by atoms with Gasteiger partial charge >= 0.3 is 0 Å². The maximum absolute atomic E-state index is 2.54. The topological polar surface area (TPSA) is 3.24 Å². The molecule has 0 aromatic rings. The largest absolute Gasteiger partial charge is 0.301 e. The normalized spacial score (nSPS) is 44.1. The Bertz CT molecular complexity index is 155. The van der Waals surface area contributed by atoms with E-state index >= 15 is 0 Å². The van der Waals surface area contributed by atoms with Gasteiger partial charge in [-0.25, -0.2) is 0 Å². The van der Waals surface area contributed by atoms with E-state index in [0.717, 1.165) is 23.9 Å². The highest BCUT2D eigenvalue weighted by atomic mass is 15.1. The first kappa shape index (κ1) is 11.0. The van der Waals surface area contributed by atoms with E-state index in [2.05, 4.69) is 39.6 Å². The van der Waals surface area contributed by atoms with Gasteiger partial charge in [0.15, 0.2) is 0 Å². The van der Waals surface area contributed by atoms with Crippen LogP contribution >= 0.6 is 0 Å². The summed E-state index contributed by atoms with van der Waals surface area (Å²) in [6, 6.07) is 1.53. The van der Waals surface area contributed by atoms with Gasteiger partial charge in [-0.15, -0.1) is 0 Å². The molecule has 0 aromatic heterocycles. The molecule has 0 bridgehead atoms. The molecule has 4 atom stereocenters. The van der Waals surface area contributed by atoms with Gasteiger partial charge in [0.1, 0.15) is 0 Å². The van der Waals surface area contributed by atoms with Crippen LogP contribution in [0.1, 0.15) is 47.0 Å². The number of nitrogens with zero attached hydrogens (tertiary/aromatic N) is 1. The Kier molecular flexibility index (Phi) is 3.78. The van der Waals surface area contributed by atoms with Crippen LogP contribution in [0.3, 0.4) is 0 Å². The number of likely N-dealkylation sites (tertiary alicyclic amines) is 1. The van der Waals surface area contributed by atoms with Crippen LogP contribution in [0.15, 0.2) is 0 Å². The number of hydrogen-bond donors (Lipinski definition) is 0. The average Bonchev–Trinajstić information content (AvgIpc) is 2.10. The third-order valence-corrected chi connectivity index (χ3v) is 4.11. The summed E-state index contributed by atoms with van der Waals surface area (Å²) in [5, 5.41) is 0. The van der Waals surface area contributed by atoms with Crippen molar-refractivity contribution in [2.75, 3.05) is 7.05 Å². The minimum atomic E-state index is 0.757. The second kappa shape index (κ2) is 4.45. The lowest BCUT2D eigenvalue weighted by atomic mass is 9.83. The van der Waals surface area contributed by atoms with E-state index in [1.165, 1.54) is 19.3 Å². The number of hydrogen-bond acceptors (Lipinski definition) is 1. The minimum Gasteiger partial charge on any atom is -0.301 e. The van der Waals surface area contributed by atoms with Crippen molar-refractivity contribution in [1.29, 1.82) is 0 Å². The molecule has 0 aromatic carbocycles. The van der Waals surface area contributed by atoms with E-state index in [9.17, 15) is 0 Å². The maximum Gasteiger partial charge on any atom is 0.00693 e. The van der Waals surface area contributed by atoms with Gasteiger partial charge in [-0.05, 0) is 52.0 Å². The predicted octanol–water partition coefficient (Wildman–Crippen LogP) is 3.15. The van der Waals surface area contributed by atoms with Gasteiger partial charge in [0.25, 0.3) is 0 Å². The van der Waals surface area contributed by atoms with Crippen LogP contribution in [-0.2, 0) is 0 Å². The van der Waals surface area contributed by atoms with Gasteiger partial charge in [0.05, 0.1) is 0 Å². The summed E-state index contributed by atoms with van der Waals surface area (Å²) in [6.45, 7) is 9.55. The monoisotopic (exact) mass is 183 g/mol. The van der Waals surface area contributed by atoms with Gasteiger partial charge < -0.3 is 4.90 Å². The zero-order chi connectivity index (χ0) is 10.0. The Morgan fingerprint density at radius 3 is 2.08 bits per heavy atom. The van der Waals surface area contributed by atoms with Gasteiger partial charge in [-0.3, -0.25) is 0 Å². The molecule has 1 heteroatoms. The summed E-state index contributed by atoms with van der Waals surface area (Å²) in [5.74, 6) is 1.81. The summed E-state index contributed by atoms with van der Waals surface area (Å²) >= 11 is 0. The molecule has 0 amide bonds. The van der Waals surface area contributed by atoms with E-state index in [4.69, 9.17) is 0 Å². The van der Waals surface area contributed by atoms with Gasteiger partial charge in [0, 0.05) is 12.1 Å². The first-order chi connectivity index (χ1) is 6.02. The van der Waals surface area contributed by atoms with Crippen LogP contribution in [0.5, 0.6) is 0 Å². The second-order valence-electron chi connectivity index (χ2n) is 5.13. The van der Waals surface area contributed by atoms with Crippen LogP contribution in [-0.4, -0.2) is 24.0 Å². The number of rotatable bonds is 0. The van der Waals surface area contributed by atoms with Crippen LogP contribution in [0.4, 0.5) is 0 Å². The Labute approximate surface area is 83.5 Å². The van der Waals surface area contributed by atoms with Crippen LogP contribution in [0.2, 0.25) is 0 Å². The minimum absolute atomic E-state index is 0.757. The zero-order valence-electron chi connectivity index (χ0n) is 9.88. The van der Waals surface area contributed by atoms with Crippen molar-refractivity contribution < 1.29 is 0 Å². The van der Waals surface area contributed by atoms with Crippen molar-refractivity contribution in [3.63, 3.8) is 0 Å². The summed E-state index contributed by atoms with van der Waals surface area (Å²) in [4.78, 5) is 2.54. The standard InChI is InChI=1S/C12H25N/c1-9-6-7-11(3)13(5)12(4)8-10(9)2/h9-12H,6-8H2,1-5H3. The maximum atomic E-state index is 2.54. The molecule has 13 heavy (non-hydrogen) atoms. The van der Waals surface area contributed by atoms with Gasteiger partial charge in [-0.1, -0.05) is 13.8 Å². The van der Waals surface area contributed by atoms with Crippen molar-refractivity contribution in [1.82, 2.24) is 4.90 Å². The van der Waals surface area contributed by atoms with E-state index < -0.39 is 0 Å². The Morgan fingerprint density at radius 1 is 0.846 bits per heavy atom. The quantitative estimate of drug-likeness (QED) is 0.557. The summed E-state index contributed by atoms with van der Waals surface area (Å²) < 4.78 is 0. The highest BCUT2D eigenvalue weighted by molar-refractivity contribution is 4.78. The van der Waals surface area contributed by atoms with E-state index in [1.54, 1.807) is 0 Å².